The van der Waals surface area contributed by atoms with Crippen molar-refractivity contribution >= 4 is 28.6 Å². The molecule has 0 spiro atoms. The molecule has 148 valence electrons. The number of phenols is 1. The van der Waals surface area contributed by atoms with E-state index in [9.17, 15) is 20.0 Å². The molecule has 3 aromatic rings. The fourth-order valence-corrected chi connectivity index (χ4v) is 2.78. The number of nitro benzene ring substituents is 1. The second-order valence-electron chi connectivity index (χ2n) is 5.94. The minimum atomic E-state index is -0.660. The number of fused-ring (bicyclic) bond motifs is 1. The molecule has 0 fully saturated rings. The molecule has 0 heterocycles. The monoisotopic (exact) mass is 395 g/mol. The van der Waals surface area contributed by atoms with Crippen LogP contribution in [-0.2, 0) is 0 Å². The van der Waals surface area contributed by atoms with Gasteiger partial charge in [-0.2, -0.15) is 5.10 Å². The van der Waals surface area contributed by atoms with Crippen molar-refractivity contribution in [3.05, 3.63) is 69.8 Å². The molecule has 0 atom stereocenters. The highest BCUT2D eigenvalue weighted by atomic mass is 16.6. The Kier molecular flexibility index (Phi) is 5.59. The predicted octanol–water partition coefficient (Wildman–Crippen LogP) is 3.23. The number of nitro groups is 1. The van der Waals surface area contributed by atoms with Crippen LogP contribution in [0.5, 0.6) is 17.2 Å². The van der Waals surface area contributed by atoms with Crippen molar-refractivity contribution in [2.45, 2.75) is 0 Å². The summed E-state index contributed by atoms with van der Waals surface area (Å²) in [6.45, 7) is 0. The number of rotatable bonds is 6. The molecule has 0 aromatic heterocycles. The number of nitrogens with zero attached hydrogens (tertiary/aromatic N) is 2. The van der Waals surface area contributed by atoms with Crippen LogP contribution in [0.3, 0.4) is 0 Å². The molecule has 0 aliphatic heterocycles. The van der Waals surface area contributed by atoms with Gasteiger partial charge >= 0.3 is 0 Å². The minimum Gasteiger partial charge on any atom is -0.507 e. The summed E-state index contributed by atoms with van der Waals surface area (Å²) in [6, 6.07) is 12.9. The molecule has 0 aliphatic rings. The molecule has 3 rings (SSSR count). The lowest BCUT2D eigenvalue weighted by Gasteiger charge is -2.08. The van der Waals surface area contributed by atoms with Crippen LogP contribution >= 0.6 is 0 Å². The second kappa shape index (κ2) is 8.26. The van der Waals surface area contributed by atoms with Crippen LogP contribution in [0.1, 0.15) is 15.9 Å². The number of hydrogen-bond acceptors (Lipinski definition) is 7. The Morgan fingerprint density at radius 1 is 1.10 bits per heavy atom. The zero-order chi connectivity index (χ0) is 21.0. The van der Waals surface area contributed by atoms with E-state index in [1.807, 2.05) is 24.3 Å². The van der Waals surface area contributed by atoms with E-state index < -0.39 is 10.8 Å². The molecule has 9 heteroatoms. The Morgan fingerprint density at radius 2 is 1.72 bits per heavy atom. The van der Waals surface area contributed by atoms with E-state index in [1.165, 1.54) is 38.5 Å². The highest BCUT2D eigenvalue weighted by Gasteiger charge is 2.18. The summed E-state index contributed by atoms with van der Waals surface area (Å²) in [7, 11) is 2.76. The first-order valence-electron chi connectivity index (χ1n) is 8.40. The molecule has 9 nitrogen and oxygen atoms in total. The van der Waals surface area contributed by atoms with Crippen LogP contribution in [0, 0.1) is 10.1 Å². The fraction of sp³-hybridized carbons (Fsp3) is 0.100. The second-order valence-corrected chi connectivity index (χ2v) is 5.94. The third-order valence-corrected chi connectivity index (χ3v) is 4.21. The number of hydrazone groups is 1. The molecule has 0 saturated heterocycles. The van der Waals surface area contributed by atoms with Gasteiger partial charge < -0.3 is 14.6 Å². The number of methoxy groups -OCH3 is 2. The van der Waals surface area contributed by atoms with E-state index in [1.54, 1.807) is 0 Å². The molecular weight excluding hydrogens is 378 g/mol. The van der Waals surface area contributed by atoms with Crippen molar-refractivity contribution in [1.82, 2.24) is 5.43 Å². The van der Waals surface area contributed by atoms with Crippen molar-refractivity contribution in [1.29, 1.82) is 0 Å². The van der Waals surface area contributed by atoms with Gasteiger partial charge in [0, 0.05) is 0 Å². The Hall–Kier alpha value is -4.14. The Balaban J connectivity index is 1.87. The van der Waals surface area contributed by atoms with Crippen LogP contribution in [-0.4, -0.2) is 36.4 Å². The number of nitrogens with one attached hydrogen (secondary N) is 1. The normalized spacial score (nSPS) is 10.8. The number of amides is 1. The van der Waals surface area contributed by atoms with E-state index in [-0.39, 0.29) is 34.1 Å². The standard InChI is InChI=1S/C20H17N3O6/c1-28-18-9-14(16(23(26)27)10-19(18)29-2)11-21-22-20(25)15-7-12-5-3-4-6-13(12)8-17(15)24/h3-11,24H,1-2H3,(H,22,25)/b21-11+. The Morgan fingerprint density at radius 3 is 2.34 bits per heavy atom. The van der Waals surface area contributed by atoms with Crippen molar-refractivity contribution in [2.75, 3.05) is 14.2 Å². The van der Waals surface area contributed by atoms with Crippen molar-refractivity contribution < 1.29 is 24.3 Å². The topological polar surface area (TPSA) is 123 Å². The lowest BCUT2D eigenvalue weighted by atomic mass is 10.1. The third-order valence-electron chi connectivity index (χ3n) is 4.21. The van der Waals surface area contributed by atoms with Crippen LogP contribution < -0.4 is 14.9 Å². The lowest BCUT2D eigenvalue weighted by Crippen LogP contribution is -2.17. The van der Waals surface area contributed by atoms with E-state index in [0.29, 0.717) is 0 Å². The maximum Gasteiger partial charge on any atom is 0.282 e. The molecule has 3 aromatic carbocycles. The van der Waals surface area contributed by atoms with Gasteiger partial charge in [0.2, 0.25) is 0 Å². The summed E-state index contributed by atoms with van der Waals surface area (Å²) >= 11 is 0. The number of carbonyl (C=O) groups is 1. The van der Waals surface area contributed by atoms with Crippen LogP contribution in [0.15, 0.2) is 53.6 Å². The first-order valence-corrected chi connectivity index (χ1v) is 8.40. The molecule has 2 N–H and O–H groups in total. The summed E-state index contributed by atoms with van der Waals surface area (Å²) in [4.78, 5) is 23.1. The maximum atomic E-state index is 12.4. The summed E-state index contributed by atoms with van der Waals surface area (Å²) < 4.78 is 10.2. The maximum absolute atomic E-state index is 12.4. The molecule has 29 heavy (non-hydrogen) atoms. The van der Waals surface area contributed by atoms with Crippen molar-refractivity contribution in [2.24, 2.45) is 5.10 Å². The average molecular weight is 395 g/mol. The molecular formula is C20H17N3O6. The molecule has 1 amide bonds. The van der Waals surface area contributed by atoms with Gasteiger partial charge in [0.05, 0.1) is 42.6 Å². The quantitative estimate of drug-likeness (QED) is 0.375. The summed E-state index contributed by atoms with van der Waals surface area (Å²) in [5.74, 6) is -0.388. The Bertz CT molecular complexity index is 1130. The Labute approximate surface area is 165 Å². The minimum absolute atomic E-state index is 0.0302. The van der Waals surface area contributed by atoms with E-state index in [0.717, 1.165) is 17.0 Å². The third kappa shape index (κ3) is 4.08. The molecule has 0 radical (unpaired) electrons. The van der Waals surface area contributed by atoms with Gasteiger partial charge in [0.25, 0.3) is 11.6 Å². The SMILES string of the molecule is COc1cc(/C=N/NC(=O)c2cc3ccccc3cc2O)c([N+](=O)[O-])cc1OC. The van der Waals surface area contributed by atoms with Gasteiger partial charge in [0.15, 0.2) is 11.5 Å². The van der Waals surface area contributed by atoms with Gasteiger partial charge in [-0.05, 0) is 29.0 Å². The zero-order valence-electron chi connectivity index (χ0n) is 15.6. The van der Waals surface area contributed by atoms with Crippen LogP contribution in [0.4, 0.5) is 5.69 Å². The van der Waals surface area contributed by atoms with E-state index in [4.69, 9.17) is 9.47 Å². The molecule has 0 unspecified atom stereocenters. The number of aromatic hydroxyl groups is 1. The predicted molar refractivity (Wildman–Crippen MR) is 107 cm³/mol. The molecule has 0 aliphatic carbocycles. The first kappa shape index (κ1) is 19.6. The van der Waals surface area contributed by atoms with Crippen molar-refractivity contribution in [3.63, 3.8) is 0 Å². The fourth-order valence-electron chi connectivity index (χ4n) is 2.78. The number of benzene rings is 3. The highest BCUT2D eigenvalue weighted by Crippen LogP contribution is 2.33. The zero-order valence-corrected chi connectivity index (χ0v) is 15.6. The van der Waals surface area contributed by atoms with E-state index >= 15 is 0 Å². The lowest BCUT2D eigenvalue weighted by molar-refractivity contribution is -0.385. The first-order chi connectivity index (χ1) is 13.9. The number of phenolic OH excluding ortho intramolecular Hbond substituents is 1. The summed E-state index contributed by atoms with van der Waals surface area (Å²) in [6.07, 6.45) is 1.12. The number of carbonyl (C=O) groups excluding carboxylic acids is 1. The summed E-state index contributed by atoms with van der Waals surface area (Å²) in [5, 5.41) is 26.7. The van der Waals surface area contributed by atoms with Gasteiger partial charge in [-0.1, -0.05) is 24.3 Å². The van der Waals surface area contributed by atoms with Gasteiger partial charge in [-0.25, -0.2) is 5.43 Å². The van der Waals surface area contributed by atoms with E-state index in [2.05, 4.69) is 10.5 Å². The number of ether oxygens (including phenoxy) is 2. The molecule has 0 bridgehead atoms. The van der Waals surface area contributed by atoms with Crippen LogP contribution in [0.25, 0.3) is 10.8 Å². The highest BCUT2D eigenvalue weighted by molar-refractivity contribution is 6.02. The summed E-state index contributed by atoms with van der Waals surface area (Å²) in [5.41, 5.74) is 2.13. The largest absolute Gasteiger partial charge is 0.507 e. The molecule has 0 saturated carbocycles. The van der Waals surface area contributed by atoms with Gasteiger partial charge in [0.1, 0.15) is 5.75 Å². The van der Waals surface area contributed by atoms with Crippen molar-refractivity contribution in [3.8, 4) is 17.2 Å². The number of hydrogen-bond donors (Lipinski definition) is 2. The smallest absolute Gasteiger partial charge is 0.282 e. The van der Waals surface area contributed by atoms with Crippen LogP contribution in [0.2, 0.25) is 0 Å². The van der Waals surface area contributed by atoms with Gasteiger partial charge in [-0.15, -0.1) is 0 Å². The average Bonchev–Trinajstić information content (AvgIpc) is 2.72. The van der Waals surface area contributed by atoms with Gasteiger partial charge in [-0.3, -0.25) is 14.9 Å².